The Morgan fingerprint density at radius 1 is 0.732 bits per heavy atom. The molecule has 0 radical (unpaired) electrons. The summed E-state index contributed by atoms with van der Waals surface area (Å²) in [6.07, 6.45) is 6.09. The van der Waals surface area contributed by atoms with Gasteiger partial charge in [0.2, 0.25) is 0 Å². The molecule has 0 spiro atoms. The van der Waals surface area contributed by atoms with E-state index in [1.165, 1.54) is 41.3 Å². The van der Waals surface area contributed by atoms with E-state index in [9.17, 15) is 54.8 Å². The number of terminal acetylenes is 1. The molecule has 0 N–H and O–H groups in total. The molecule has 0 aliphatic heterocycles. The van der Waals surface area contributed by atoms with Gasteiger partial charge in [-0.25, -0.2) is 44.7 Å². The van der Waals surface area contributed by atoms with Crippen LogP contribution in [0.1, 0.15) is 44.7 Å². The van der Waals surface area contributed by atoms with Gasteiger partial charge in [0.25, 0.3) is 5.69 Å². The molecule has 4 aromatic rings. The molecule has 0 bridgehead atoms. The number of halogens is 8. The first-order valence-electron chi connectivity index (χ1n) is 16.2. The summed E-state index contributed by atoms with van der Waals surface area (Å²) >= 11 is 0. The van der Waals surface area contributed by atoms with Crippen molar-refractivity contribution in [3.63, 3.8) is 0 Å². The minimum Gasteiger partial charge on any atom is -0.491 e. The van der Waals surface area contributed by atoms with E-state index in [-0.39, 0.29) is 48.2 Å². The van der Waals surface area contributed by atoms with Crippen LogP contribution in [0.4, 0.5) is 57.9 Å². The first kappa shape index (κ1) is 42.2. The highest BCUT2D eigenvalue weighted by Gasteiger charge is 2.30. The Hall–Kier alpha value is -6.58. The summed E-state index contributed by atoms with van der Waals surface area (Å²) in [5, 5.41) is 19.4. The molecule has 0 aromatic heterocycles. The summed E-state index contributed by atoms with van der Waals surface area (Å²) in [6, 6.07) is 9.31. The number of nitro groups is 1. The van der Waals surface area contributed by atoms with Crippen molar-refractivity contribution in [3.05, 3.63) is 121 Å². The van der Waals surface area contributed by atoms with Crippen LogP contribution < -0.4 is 9.64 Å². The van der Waals surface area contributed by atoms with Gasteiger partial charge in [-0.3, -0.25) is 10.1 Å². The Morgan fingerprint density at radius 3 is 1.66 bits per heavy atom. The van der Waals surface area contributed by atoms with Crippen LogP contribution in [0.25, 0.3) is 0 Å². The summed E-state index contributed by atoms with van der Waals surface area (Å²) < 4.78 is 129. The fourth-order valence-electron chi connectivity index (χ4n) is 4.87. The topological polar surface area (TPSA) is 133 Å². The lowest BCUT2D eigenvalue weighted by Crippen LogP contribution is -2.32. The Bertz CT molecular complexity index is 2080. The highest BCUT2D eigenvalue weighted by molar-refractivity contribution is 5.91. The molecule has 19 heteroatoms. The van der Waals surface area contributed by atoms with Crippen molar-refractivity contribution in [1.82, 2.24) is 0 Å². The second kappa shape index (κ2) is 18.6. The van der Waals surface area contributed by atoms with Gasteiger partial charge in [-0.05, 0) is 50.6 Å². The molecule has 0 unspecified atom stereocenters. The van der Waals surface area contributed by atoms with Crippen LogP contribution in [0, 0.1) is 82.8 Å². The molecular formula is C37H28F8N4O7. The number of nitro benzene ring substituents is 1. The molecule has 0 aliphatic carbocycles. The van der Waals surface area contributed by atoms with Gasteiger partial charge < -0.3 is 19.1 Å². The van der Waals surface area contributed by atoms with E-state index >= 15 is 0 Å². The molecule has 0 saturated carbocycles. The van der Waals surface area contributed by atoms with Gasteiger partial charge in [-0.15, -0.1) is 17.5 Å². The summed E-state index contributed by atoms with van der Waals surface area (Å²) in [4.78, 5) is 36.9. The van der Waals surface area contributed by atoms with E-state index in [4.69, 9.17) is 20.6 Å². The molecule has 0 atom stereocenters. The van der Waals surface area contributed by atoms with E-state index in [0.717, 1.165) is 19.9 Å². The maximum atomic E-state index is 14.4. The van der Waals surface area contributed by atoms with Gasteiger partial charge in [-0.2, -0.15) is 5.11 Å². The van der Waals surface area contributed by atoms with Crippen LogP contribution in [-0.2, 0) is 9.47 Å². The van der Waals surface area contributed by atoms with Crippen LogP contribution in [0.15, 0.2) is 52.7 Å². The van der Waals surface area contributed by atoms with E-state index in [2.05, 4.69) is 16.1 Å². The quantitative estimate of drug-likeness (QED) is 0.0161. The Kier molecular flexibility index (Phi) is 14.0. The lowest BCUT2D eigenvalue weighted by atomic mass is 10.1. The fourth-order valence-corrected chi connectivity index (χ4v) is 4.87. The van der Waals surface area contributed by atoms with Gasteiger partial charge in [0.1, 0.15) is 30.0 Å². The lowest BCUT2D eigenvalue weighted by Gasteiger charge is -2.25. The zero-order chi connectivity index (χ0) is 41.3. The van der Waals surface area contributed by atoms with E-state index in [1.54, 1.807) is 0 Å². The number of benzene rings is 4. The van der Waals surface area contributed by atoms with E-state index < -0.39 is 98.9 Å². The third kappa shape index (κ3) is 9.55. The predicted octanol–water partition coefficient (Wildman–Crippen LogP) is 9.05. The number of non-ortho nitro benzene ring substituents is 1. The SMILES string of the molecule is C#CCCCOc1cc([N+](=O)[O-])ccc1N=Nc1ccc(N(CCOC(=O)c2c(F)c(F)c(C)c(F)c2F)CCOC(=O)c2c(F)c(F)c(C)c(F)c2F)cc1. The minimum atomic E-state index is -1.99. The number of carbonyl (C=O) groups excluding carboxylic acids is 2. The number of ether oxygens (including phenoxy) is 3. The Morgan fingerprint density at radius 2 is 1.21 bits per heavy atom. The molecule has 4 aromatic carbocycles. The number of anilines is 1. The zero-order valence-electron chi connectivity index (χ0n) is 29.2. The number of hydrogen-bond donors (Lipinski definition) is 0. The summed E-state index contributed by atoms with van der Waals surface area (Å²) in [7, 11) is 0. The third-order valence-corrected chi connectivity index (χ3v) is 7.93. The van der Waals surface area contributed by atoms with Crippen LogP contribution >= 0.6 is 0 Å². The molecule has 56 heavy (non-hydrogen) atoms. The Labute approximate surface area is 312 Å². The molecular weight excluding hydrogens is 764 g/mol. The monoisotopic (exact) mass is 792 g/mol. The van der Waals surface area contributed by atoms with Crippen molar-refractivity contribution >= 4 is 34.7 Å². The van der Waals surface area contributed by atoms with Crippen molar-refractivity contribution in [3.8, 4) is 18.1 Å². The van der Waals surface area contributed by atoms with Gasteiger partial charge >= 0.3 is 11.9 Å². The van der Waals surface area contributed by atoms with E-state index in [1.807, 2.05) is 0 Å². The molecule has 0 saturated heterocycles. The molecule has 294 valence electrons. The third-order valence-electron chi connectivity index (χ3n) is 7.93. The van der Waals surface area contributed by atoms with Crippen molar-refractivity contribution in [2.45, 2.75) is 26.7 Å². The second-order valence-electron chi connectivity index (χ2n) is 11.6. The summed E-state index contributed by atoms with van der Waals surface area (Å²) in [5.74, 6) is -16.2. The first-order valence-corrected chi connectivity index (χ1v) is 16.2. The number of nitrogens with zero attached hydrogens (tertiary/aromatic N) is 4. The molecule has 0 fully saturated rings. The highest BCUT2D eigenvalue weighted by atomic mass is 19.2. The van der Waals surface area contributed by atoms with Crippen molar-refractivity contribution in [2.75, 3.05) is 37.8 Å². The minimum absolute atomic E-state index is 0.0543. The fraction of sp³-hybridized carbons (Fsp3) is 0.243. The van der Waals surface area contributed by atoms with Crippen LogP contribution in [0.3, 0.4) is 0 Å². The molecule has 0 amide bonds. The number of carbonyl (C=O) groups is 2. The van der Waals surface area contributed by atoms with Gasteiger partial charge in [0.05, 0.1) is 36.4 Å². The first-order chi connectivity index (χ1) is 26.6. The molecule has 0 aliphatic rings. The van der Waals surface area contributed by atoms with Crippen molar-refractivity contribution < 1.29 is 63.8 Å². The van der Waals surface area contributed by atoms with Gasteiger partial charge in [-0.1, -0.05) is 0 Å². The van der Waals surface area contributed by atoms with Crippen LogP contribution in [-0.4, -0.2) is 49.8 Å². The average Bonchev–Trinajstić information content (AvgIpc) is 3.18. The number of rotatable bonds is 16. The Balaban J connectivity index is 1.55. The maximum Gasteiger partial charge on any atom is 0.344 e. The standard InChI is InChI=1S/C37H28F8N4O7/c1-4-5-6-15-54-25-18-23(49(52)53)11-12-24(25)47-46-21-7-9-22(10-8-21)48(13-16-55-36(50)26-32(42)28(38)19(2)29(39)33(26)43)14-17-56-37(51)27-34(44)30(40)20(3)31(41)35(27)45/h1,7-12,18H,5-6,13-17H2,2-3H3. The highest BCUT2D eigenvalue weighted by Crippen LogP contribution is 2.34. The van der Waals surface area contributed by atoms with Crippen LogP contribution in [0.2, 0.25) is 0 Å². The van der Waals surface area contributed by atoms with Gasteiger partial charge in [0.15, 0.2) is 52.3 Å². The molecule has 0 heterocycles. The average molecular weight is 793 g/mol. The number of azo groups is 1. The van der Waals surface area contributed by atoms with Gasteiger partial charge in [0, 0.05) is 29.3 Å². The lowest BCUT2D eigenvalue weighted by molar-refractivity contribution is -0.384. The smallest absolute Gasteiger partial charge is 0.344 e. The number of unbranched alkanes of at least 4 members (excludes halogenated alkanes) is 1. The molecule has 11 nitrogen and oxygen atoms in total. The predicted molar refractivity (Wildman–Crippen MR) is 182 cm³/mol. The second-order valence-corrected chi connectivity index (χ2v) is 11.6. The largest absolute Gasteiger partial charge is 0.491 e. The number of hydrogen-bond acceptors (Lipinski definition) is 10. The zero-order valence-corrected chi connectivity index (χ0v) is 29.2. The molecule has 4 rings (SSSR count). The van der Waals surface area contributed by atoms with Crippen molar-refractivity contribution in [1.29, 1.82) is 0 Å². The normalized spacial score (nSPS) is 11.0. The maximum absolute atomic E-state index is 14.4. The van der Waals surface area contributed by atoms with Crippen LogP contribution in [0.5, 0.6) is 5.75 Å². The van der Waals surface area contributed by atoms with Crippen molar-refractivity contribution in [2.24, 2.45) is 10.2 Å². The summed E-state index contributed by atoms with van der Waals surface area (Å²) in [6.45, 7) is -0.507. The summed E-state index contributed by atoms with van der Waals surface area (Å²) in [5.41, 5.74) is -4.94. The number of esters is 2. The van der Waals surface area contributed by atoms with E-state index in [0.29, 0.717) is 12.8 Å².